The minimum atomic E-state index is -0.515. The molecule has 3 rings (SSSR count). The van der Waals surface area contributed by atoms with E-state index in [-0.39, 0.29) is 12.5 Å². The van der Waals surface area contributed by atoms with Gasteiger partial charge in [0.05, 0.1) is 5.56 Å². The predicted molar refractivity (Wildman–Crippen MR) is 85.3 cm³/mol. The van der Waals surface area contributed by atoms with Crippen LogP contribution in [0.4, 0.5) is 0 Å². The lowest BCUT2D eigenvalue weighted by Gasteiger charge is -2.02. The minimum absolute atomic E-state index is 0.119. The van der Waals surface area contributed by atoms with Gasteiger partial charge in [0.15, 0.2) is 6.61 Å². The molecule has 0 amide bonds. The van der Waals surface area contributed by atoms with Crippen molar-refractivity contribution in [2.45, 2.75) is 6.61 Å². The second kappa shape index (κ2) is 6.81. The average Bonchev–Trinajstić information content (AvgIpc) is 3.02. The highest BCUT2D eigenvalue weighted by Crippen LogP contribution is 2.20. The van der Waals surface area contributed by atoms with Gasteiger partial charge in [0.25, 0.3) is 5.89 Å². The molecule has 0 saturated heterocycles. The number of nitrogens with zero attached hydrogens (tertiary/aromatic N) is 2. The number of esters is 1. The van der Waals surface area contributed by atoms with E-state index in [1.807, 2.05) is 0 Å². The predicted octanol–water partition coefficient (Wildman–Crippen LogP) is 4.40. The molecule has 0 spiro atoms. The fraction of sp³-hybridized carbons (Fsp3) is 0.0625. The minimum Gasteiger partial charge on any atom is -0.452 e. The fourth-order valence-electron chi connectivity index (χ4n) is 1.85. The lowest BCUT2D eigenvalue weighted by molar-refractivity contribution is 0.0438. The summed E-state index contributed by atoms with van der Waals surface area (Å²) in [6.45, 7) is -0.119. The number of hydrogen-bond acceptors (Lipinski definition) is 5. The normalized spacial score (nSPS) is 10.5. The molecule has 0 radical (unpaired) electrons. The Morgan fingerprint density at radius 2 is 1.83 bits per heavy atom. The van der Waals surface area contributed by atoms with Crippen molar-refractivity contribution in [1.29, 1.82) is 0 Å². The lowest BCUT2D eigenvalue weighted by Crippen LogP contribution is -2.05. The topological polar surface area (TPSA) is 65.2 Å². The Bertz CT molecular complexity index is 831. The first-order valence-corrected chi connectivity index (χ1v) is 7.38. The molecule has 0 unspecified atom stereocenters. The first kappa shape index (κ1) is 15.5. The molecule has 5 nitrogen and oxygen atoms in total. The Kier molecular flexibility index (Phi) is 4.60. The van der Waals surface area contributed by atoms with Crippen molar-refractivity contribution in [3.05, 3.63) is 70.0 Å². The number of carbonyl (C=O) groups excluding carboxylic acids is 1. The summed E-state index contributed by atoms with van der Waals surface area (Å²) in [7, 11) is 0. The molecule has 0 atom stereocenters. The number of hydrogen-bond donors (Lipinski definition) is 0. The summed E-state index contributed by atoms with van der Waals surface area (Å²) in [5.41, 5.74) is 1.09. The van der Waals surface area contributed by atoms with Crippen LogP contribution in [0.1, 0.15) is 16.2 Å². The zero-order valence-electron chi connectivity index (χ0n) is 11.7. The van der Waals surface area contributed by atoms with E-state index in [0.717, 1.165) is 5.56 Å². The smallest absolute Gasteiger partial charge is 0.338 e. The second-order valence-electron chi connectivity index (χ2n) is 4.59. The maximum atomic E-state index is 11.9. The largest absolute Gasteiger partial charge is 0.452 e. The molecular formula is C16H10Cl2N2O3. The number of rotatable bonds is 4. The van der Waals surface area contributed by atoms with Crippen molar-refractivity contribution < 1.29 is 13.9 Å². The van der Waals surface area contributed by atoms with Gasteiger partial charge in [0.1, 0.15) is 0 Å². The van der Waals surface area contributed by atoms with Crippen LogP contribution in [0, 0.1) is 0 Å². The summed E-state index contributed by atoms with van der Waals surface area (Å²) in [5, 5.41) is 8.83. The molecular weight excluding hydrogens is 339 g/mol. The number of ether oxygens (including phenoxy) is 1. The number of benzene rings is 2. The van der Waals surface area contributed by atoms with Gasteiger partial charge in [-0.1, -0.05) is 29.3 Å². The lowest BCUT2D eigenvalue weighted by atomic mass is 10.2. The number of halogens is 2. The van der Waals surface area contributed by atoms with Crippen LogP contribution in [-0.4, -0.2) is 16.2 Å². The Labute approximate surface area is 141 Å². The average molecular weight is 349 g/mol. The zero-order valence-corrected chi connectivity index (χ0v) is 13.2. The molecule has 7 heteroatoms. The van der Waals surface area contributed by atoms with E-state index in [2.05, 4.69) is 10.2 Å². The van der Waals surface area contributed by atoms with Gasteiger partial charge in [-0.25, -0.2) is 4.79 Å². The molecule has 0 N–H and O–H groups in total. The van der Waals surface area contributed by atoms with Gasteiger partial charge >= 0.3 is 5.97 Å². The van der Waals surface area contributed by atoms with E-state index in [1.54, 1.807) is 42.5 Å². The Hall–Kier alpha value is -2.37. The van der Waals surface area contributed by atoms with Gasteiger partial charge in [-0.15, -0.1) is 10.2 Å². The third-order valence-electron chi connectivity index (χ3n) is 2.95. The van der Waals surface area contributed by atoms with Crippen LogP contribution >= 0.6 is 23.2 Å². The summed E-state index contributed by atoms with van der Waals surface area (Å²) in [6.07, 6.45) is 0. The molecule has 0 aliphatic heterocycles. The third-order valence-corrected chi connectivity index (χ3v) is 3.43. The van der Waals surface area contributed by atoms with Crippen molar-refractivity contribution >= 4 is 29.2 Å². The van der Waals surface area contributed by atoms with Crippen LogP contribution in [0.15, 0.2) is 52.9 Å². The zero-order chi connectivity index (χ0) is 16.2. The van der Waals surface area contributed by atoms with E-state index in [1.165, 1.54) is 6.07 Å². The molecule has 0 saturated carbocycles. The molecule has 116 valence electrons. The van der Waals surface area contributed by atoms with Crippen molar-refractivity contribution in [3.8, 4) is 11.5 Å². The SMILES string of the molecule is O=C(OCc1nnc(-c2ccc(Cl)cc2)o1)c1cccc(Cl)c1. The van der Waals surface area contributed by atoms with Gasteiger partial charge in [-0.3, -0.25) is 0 Å². The van der Waals surface area contributed by atoms with Gasteiger partial charge < -0.3 is 9.15 Å². The Balaban J connectivity index is 1.65. The maximum Gasteiger partial charge on any atom is 0.338 e. The van der Waals surface area contributed by atoms with E-state index < -0.39 is 5.97 Å². The molecule has 0 bridgehead atoms. The van der Waals surface area contributed by atoms with Gasteiger partial charge in [0.2, 0.25) is 5.89 Å². The summed E-state index contributed by atoms with van der Waals surface area (Å²) >= 11 is 11.7. The number of aromatic nitrogens is 2. The standard InChI is InChI=1S/C16H10Cl2N2O3/c17-12-6-4-10(5-7-12)15-20-19-14(23-15)9-22-16(21)11-2-1-3-13(18)8-11/h1-8H,9H2. The van der Waals surface area contributed by atoms with Crippen LogP contribution in [0.2, 0.25) is 10.0 Å². The number of carbonyl (C=O) groups is 1. The first-order chi connectivity index (χ1) is 11.1. The summed E-state index contributed by atoms with van der Waals surface area (Å²) in [6, 6.07) is 13.5. The van der Waals surface area contributed by atoms with Gasteiger partial charge in [-0.05, 0) is 42.5 Å². The fourth-order valence-corrected chi connectivity index (χ4v) is 2.16. The monoisotopic (exact) mass is 348 g/mol. The summed E-state index contributed by atoms with van der Waals surface area (Å²) < 4.78 is 10.6. The van der Waals surface area contributed by atoms with Crippen LogP contribution in [-0.2, 0) is 11.3 Å². The molecule has 1 aromatic heterocycles. The van der Waals surface area contributed by atoms with Crippen LogP contribution in [0.3, 0.4) is 0 Å². The van der Waals surface area contributed by atoms with Crippen LogP contribution in [0.5, 0.6) is 0 Å². The van der Waals surface area contributed by atoms with E-state index >= 15 is 0 Å². The third kappa shape index (κ3) is 3.88. The summed E-state index contributed by atoms with van der Waals surface area (Å²) in [5.74, 6) is 0.0135. The Morgan fingerprint density at radius 3 is 2.57 bits per heavy atom. The summed E-state index contributed by atoms with van der Waals surface area (Å²) in [4.78, 5) is 11.9. The highest BCUT2D eigenvalue weighted by Gasteiger charge is 2.12. The maximum absolute atomic E-state index is 11.9. The molecule has 1 heterocycles. The first-order valence-electron chi connectivity index (χ1n) is 6.63. The molecule has 2 aromatic carbocycles. The molecule has 3 aromatic rings. The quantitative estimate of drug-likeness (QED) is 0.653. The van der Waals surface area contributed by atoms with Crippen LogP contribution in [0.25, 0.3) is 11.5 Å². The molecule has 0 aliphatic carbocycles. The van der Waals surface area contributed by atoms with Gasteiger partial charge in [-0.2, -0.15) is 0 Å². The molecule has 0 fully saturated rings. The van der Waals surface area contributed by atoms with E-state index in [9.17, 15) is 4.79 Å². The highest BCUT2D eigenvalue weighted by molar-refractivity contribution is 6.31. The Morgan fingerprint density at radius 1 is 1.04 bits per heavy atom. The van der Waals surface area contributed by atoms with Crippen molar-refractivity contribution in [3.63, 3.8) is 0 Å². The molecule has 0 aliphatic rings. The van der Waals surface area contributed by atoms with Crippen molar-refractivity contribution in [2.75, 3.05) is 0 Å². The van der Waals surface area contributed by atoms with E-state index in [4.69, 9.17) is 32.4 Å². The van der Waals surface area contributed by atoms with Crippen molar-refractivity contribution in [2.24, 2.45) is 0 Å². The van der Waals surface area contributed by atoms with E-state index in [0.29, 0.717) is 21.5 Å². The second-order valence-corrected chi connectivity index (χ2v) is 5.47. The van der Waals surface area contributed by atoms with Crippen LogP contribution < -0.4 is 0 Å². The van der Waals surface area contributed by atoms with Crippen molar-refractivity contribution in [1.82, 2.24) is 10.2 Å². The molecule has 23 heavy (non-hydrogen) atoms. The highest BCUT2D eigenvalue weighted by atomic mass is 35.5. The van der Waals surface area contributed by atoms with Gasteiger partial charge in [0, 0.05) is 15.6 Å².